The molecule has 3 heterocycles. The number of nitrogens with zero attached hydrogens (tertiary/aromatic N) is 5. The van der Waals surface area contributed by atoms with Gasteiger partial charge in [0, 0.05) is 38.0 Å². The van der Waals surface area contributed by atoms with Crippen LogP contribution >= 0.6 is 0 Å². The summed E-state index contributed by atoms with van der Waals surface area (Å²) < 4.78 is 2.00. The second-order valence-electron chi connectivity index (χ2n) is 6.56. The van der Waals surface area contributed by atoms with Crippen molar-refractivity contribution in [1.29, 1.82) is 0 Å². The highest BCUT2D eigenvalue weighted by Crippen LogP contribution is 2.31. The molecule has 1 aliphatic heterocycles. The van der Waals surface area contributed by atoms with Crippen molar-refractivity contribution < 1.29 is 4.79 Å². The van der Waals surface area contributed by atoms with Crippen molar-refractivity contribution in [2.45, 2.75) is 58.8 Å². The van der Waals surface area contributed by atoms with Crippen LogP contribution in [-0.2, 0) is 24.4 Å². The summed E-state index contributed by atoms with van der Waals surface area (Å²) in [5, 5.41) is 7.21. The van der Waals surface area contributed by atoms with E-state index in [2.05, 4.69) is 38.4 Å². The molecule has 1 fully saturated rings. The molecule has 1 aliphatic rings. The molecule has 7 heteroatoms. The van der Waals surface area contributed by atoms with Crippen LogP contribution in [0.2, 0.25) is 0 Å². The van der Waals surface area contributed by atoms with Gasteiger partial charge in [-0.15, -0.1) is 0 Å². The number of hydrogen-bond donors (Lipinski definition) is 1. The van der Waals surface area contributed by atoms with Gasteiger partial charge in [0.25, 0.3) is 0 Å². The zero-order valence-corrected chi connectivity index (χ0v) is 15.0. The van der Waals surface area contributed by atoms with Crippen molar-refractivity contribution in [1.82, 2.24) is 30.0 Å². The molecule has 0 unspecified atom stereocenters. The monoisotopic (exact) mass is 342 g/mol. The Morgan fingerprint density at radius 3 is 3.12 bits per heavy atom. The van der Waals surface area contributed by atoms with E-state index in [0.29, 0.717) is 6.54 Å². The number of hydrogen-bond acceptors (Lipinski definition) is 5. The number of aromatic nitrogens is 4. The predicted molar refractivity (Wildman–Crippen MR) is 94.5 cm³/mol. The molecule has 0 radical (unpaired) electrons. The molecule has 134 valence electrons. The standard InChI is InChI=1S/C18H26N6O/c1-3-8-24-13-15(10-21-24)12-23-9-4-5-17(23)18-19-7-6-16(22-18)11-20-14(2)25/h6-7,10,13,17H,3-5,8-9,11-12H2,1-2H3,(H,20,25)/t17-/m0/s1. The average Bonchev–Trinajstić information content (AvgIpc) is 3.24. The molecule has 0 aliphatic carbocycles. The van der Waals surface area contributed by atoms with Crippen LogP contribution in [0.25, 0.3) is 0 Å². The number of aryl methyl sites for hydroxylation is 1. The largest absolute Gasteiger partial charge is 0.351 e. The summed E-state index contributed by atoms with van der Waals surface area (Å²) in [7, 11) is 0. The molecule has 0 saturated carbocycles. The molecule has 2 aromatic heterocycles. The zero-order valence-electron chi connectivity index (χ0n) is 15.0. The van der Waals surface area contributed by atoms with Gasteiger partial charge in [0.1, 0.15) is 5.82 Å². The highest BCUT2D eigenvalue weighted by atomic mass is 16.1. The van der Waals surface area contributed by atoms with Gasteiger partial charge in [-0.3, -0.25) is 14.4 Å². The zero-order chi connectivity index (χ0) is 17.6. The first-order valence-electron chi connectivity index (χ1n) is 8.97. The van der Waals surface area contributed by atoms with E-state index in [4.69, 9.17) is 0 Å². The van der Waals surface area contributed by atoms with Crippen LogP contribution in [0.3, 0.4) is 0 Å². The lowest BCUT2D eigenvalue weighted by molar-refractivity contribution is -0.119. The summed E-state index contributed by atoms with van der Waals surface area (Å²) >= 11 is 0. The van der Waals surface area contributed by atoms with E-state index in [1.54, 1.807) is 6.20 Å². The van der Waals surface area contributed by atoms with Gasteiger partial charge < -0.3 is 5.32 Å². The van der Waals surface area contributed by atoms with E-state index in [1.165, 1.54) is 12.5 Å². The maximum absolute atomic E-state index is 11.1. The summed E-state index contributed by atoms with van der Waals surface area (Å²) in [5.41, 5.74) is 2.08. The van der Waals surface area contributed by atoms with Gasteiger partial charge in [0.2, 0.25) is 5.91 Å². The van der Waals surface area contributed by atoms with Gasteiger partial charge in [-0.2, -0.15) is 5.10 Å². The summed E-state index contributed by atoms with van der Waals surface area (Å²) in [6.45, 7) is 6.98. The summed E-state index contributed by atoms with van der Waals surface area (Å²) in [4.78, 5) is 22.7. The van der Waals surface area contributed by atoms with Crippen molar-refractivity contribution in [3.8, 4) is 0 Å². The molecule has 1 atom stereocenters. The molecule has 7 nitrogen and oxygen atoms in total. The normalized spacial score (nSPS) is 17.8. The molecular weight excluding hydrogens is 316 g/mol. The van der Waals surface area contributed by atoms with Crippen LogP contribution in [0.5, 0.6) is 0 Å². The molecule has 0 aromatic carbocycles. The van der Waals surface area contributed by atoms with Crippen LogP contribution in [0.4, 0.5) is 0 Å². The summed E-state index contributed by atoms with van der Waals surface area (Å²) in [5.74, 6) is 0.799. The second-order valence-corrected chi connectivity index (χ2v) is 6.56. The van der Waals surface area contributed by atoms with E-state index in [0.717, 1.165) is 50.4 Å². The van der Waals surface area contributed by atoms with E-state index in [9.17, 15) is 4.79 Å². The third kappa shape index (κ3) is 4.63. The fraction of sp³-hybridized carbons (Fsp3) is 0.556. The minimum absolute atomic E-state index is 0.0493. The lowest BCUT2D eigenvalue weighted by Gasteiger charge is -2.22. The minimum atomic E-state index is -0.0493. The van der Waals surface area contributed by atoms with Crippen molar-refractivity contribution in [3.63, 3.8) is 0 Å². The third-order valence-corrected chi connectivity index (χ3v) is 4.44. The Morgan fingerprint density at radius 2 is 2.32 bits per heavy atom. The second kappa shape index (κ2) is 8.20. The van der Waals surface area contributed by atoms with Crippen LogP contribution < -0.4 is 5.32 Å². The van der Waals surface area contributed by atoms with Crippen molar-refractivity contribution in [2.24, 2.45) is 0 Å². The Morgan fingerprint density at radius 1 is 1.44 bits per heavy atom. The predicted octanol–water partition coefficient (Wildman–Crippen LogP) is 2.06. The molecule has 3 rings (SSSR count). The molecule has 0 spiro atoms. The number of nitrogens with one attached hydrogen (secondary N) is 1. The fourth-order valence-corrected chi connectivity index (χ4v) is 3.27. The number of rotatable bonds is 7. The van der Waals surface area contributed by atoms with Crippen LogP contribution in [0, 0.1) is 0 Å². The maximum atomic E-state index is 11.1. The van der Waals surface area contributed by atoms with Gasteiger partial charge in [-0.1, -0.05) is 6.92 Å². The first-order chi connectivity index (χ1) is 12.2. The SMILES string of the molecule is CCCn1cc(CN2CCC[C@H]2c2nccc(CNC(C)=O)n2)cn1. The molecule has 1 N–H and O–H groups in total. The Labute approximate surface area is 148 Å². The van der Waals surface area contributed by atoms with Crippen molar-refractivity contribution in [3.05, 3.63) is 41.7 Å². The summed E-state index contributed by atoms with van der Waals surface area (Å²) in [6, 6.07) is 2.08. The first-order valence-corrected chi connectivity index (χ1v) is 8.97. The molecule has 25 heavy (non-hydrogen) atoms. The Bertz CT molecular complexity index is 713. The minimum Gasteiger partial charge on any atom is -0.351 e. The molecule has 1 saturated heterocycles. The Balaban J connectivity index is 1.68. The number of carbonyl (C=O) groups excluding carboxylic acids is 1. The number of carbonyl (C=O) groups is 1. The highest BCUT2D eigenvalue weighted by Gasteiger charge is 2.28. The van der Waals surface area contributed by atoms with Crippen molar-refractivity contribution in [2.75, 3.05) is 6.54 Å². The Hall–Kier alpha value is -2.28. The number of amides is 1. The summed E-state index contributed by atoms with van der Waals surface area (Å²) in [6.07, 6.45) is 9.17. The van der Waals surface area contributed by atoms with Crippen LogP contribution in [-0.4, -0.2) is 37.1 Å². The quantitative estimate of drug-likeness (QED) is 0.833. The van der Waals surface area contributed by atoms with Gasteiger partial charge in [0.05, 0.1) is 24.5 Å². The van der Waals surface area contributed by atoms with Crippen LogP contribution in [0.1, 0.15) is 56.2 Å². The highest BCUT2D eigenvalue weighted by molar-refractivity contribution is 5.72. The van der Waals surface area contributed by atoms with Gasteiger partial charge in [-0.05, 0) is 31.9 Å². The van der Waals surface area contributed by atoms with E-state index in [-0.39, 0.29) is 11.9 Å². The first kappa shape index (κ1) is 17.5. The average molecular weight is 342 g/mol. The number of likely N-dealkylation sites (tertiary alicyclic amines) is 1. The van der Waals surface area contributed by atoms with E-state index < -0.39 is 0 Å². The lowest BCUT2D eigenvalue weighted by atomic mass is 10.2. The van der Waals surface area contributed by atoms with Gasteiger partial charge >= 0.3 is 0 Å². The third-order valence-electron chi connectivity index (χ3n) is 4.44. The molecule has 0 bridgehead atoms. The van der Waals surface area contributed by atoms with Crippen LogP contribution in [0.15, 0.2) is 24.7 Å². The molecular formula is C18H26N6O. The fourth-order valence-electron chi connectivity index (χ4n) is 3.27. The maximum Gasteiger partial charge on any atom is 0.217 e. The topological polar surface area (TPSA) is 75.9 Å². The smallest absolute Gasteiger partial charge is 0.217 e. The molecule has 1 amide bonds. The van der Waals surface area contributed by atoms with E-state index in [1.807, 2.05) is 16.9 Å². The van der Waals surface area contributed by atoms with Crippen molar-refractivity contribution >= 4 is 5.91 Å². The van der Waals surface area contributed by atoms with E-state index >= 15 is 0 Å². The molecule has 2 aromatic rings. The van der Waals surface area contributed by atoms with Gasteiger partial charge in [-0.25, -0.2) is 9.97 Å². The lowest BCUT2D eigenvalue weighted by Crippen LogP contribution is -2.25. The van der Waals surface area contributed by atoms with Gasteiger partial charge in [0.15, 0.2) is 0 Å². The Kier molecular flexibility index (Phi) is 5.75.